The number of nitrogens with zero attached hydrogens (tertiary/aromatic N) is 4. The highest BCUT2D eigenvalue weighted by molar-refractivity contribution is 5.84. The van der Waals surface area contributed by atoms with Crippen molar-refractivity contribution in [2.75, 3.05) is 18.0 Å². The van der Waals surface area contributed by atoms with Crippen LogP contribution in [0.5, 0.6) is 0 Å². The maximum atomic E-state index is 4.92. The number of aryl methyl sites for hydroxylation is 1. The molecule has 0 unspecified atom stereocenters. The normalized spacial score (nSPS) is 14.8. The number of para-hydroxylation sites is 3. The zero-order valence-electron chi connectivity index (χ0n) is 15.5. The monoisotopic (exact) mass is 357 g/mol. The van der Waals surface area contributed by atoms with Crippen LogP contribution in [0.25, 0.3) is 28.1 Å². The van der Waals surface area contributed by atoms with Crippen LogP contribution in [0.4, 0.5) is 5.82 Å². The van der Waals surface area contributed by atoms with E-state index in [1.54, 1.807) is 0 Å². The Balaban J connectivity index is 1.73. The molecule has 0 bridgehead atoms. The van der Waals surface area contributed by atoms with Crippen LogP contribution in [0, 0.1) is 6.92 Å². The van der Waals surface area contributed by atoms with Gasteiger partial charge in [-0.1, -0.05) is 30.3 Å². The summed E-state index contributed by atoms with van der Waals surface area (Å²) in [5.74, 6) is 2.05. The van der Waals surface area contributed by atoms with E-state index >= 15 is 0 Å². The molecular formula is C22H23N5. The molecule has 5 nitrogen and oxygen atoms in total. The maximum absolute atomic E-state index is 4.92. The van der Waals surface area contributed by atoms with Gasteiger partial charge in [0.25, 0.3) is 0 Å². The smallest absolute Gasteiger partial charge is 0.144 e. The maximum Gasteiger partial charge on any atom is 0.144 e. The predicted octanol–water partition coefficient (Wildman–Crippen LogP) is 4.71. The topological polar surface area (TPSA) is 49.7 Å². The second-order valence-corrected chi connectivity index (χ2v) is 7.18. The SMILES string of the molecule is Cc1nn(-c2ccccc2)c(N2CCCCC2)c1-c1nc2ccccc2[nH]1. The first-order valence-electron chi connectivity index (χ1n) is 9.66. The van der Waals surface area contributed by atoms with Crippen LogP contribution in [0.2, 0.25) is 0 Å². The molecule has 1 N–H and O–H groups in total. The number of hydrogen-bond donors (Lipinski definition) is 1. The molecule has 0 spiro atoms. The summed E-state index contributed by atoms with van der Waals surface area (Å²) in [6, 6.07) is 18.6. The third kappa shape index (κ3) is 2.79. The summed E-state index contributed by atoms with van der Waals surface area (Å²) in [5.41, 5.74) is 5.24. The standard InChI is InChI=1S/C22H23N5/c1-16-20(21-23-18-12-6-7-13-19(18)24-21)22(26-14-8-3-9-15-26)27(25-16)17-10-4-2-5-11-17/h2,4-7,10-13H,3,8-9,14-15H2,1H3,(H,23,24). The molecule has 0 amide bonds. The molecule has 5 heteroatoms. The van der Waals surface area contributed by atoms with Gasteiger partial charge in [0.1, 0.15) is 11.6 Å². The van der Waals surface area contributed by atoms with E-state index in [1.165, 1.54) is 19.3 Å². The fraction of sp³-hybridized carbons (Fsp3) is 0.273. The minimum Gasteiger partial charge on any atom is -0.356 e. The third-order valence-electron chi connectivity index (χ3n) is 5.32. The van der Waals surface area contributed by atoms with Gasteiger partial charge in [-0.3, -0.25) is 0 Å². The summed E-state index contributed by atoms with van der Waals surface area (Å²) >= 11 is 0. The Labute approximate surface area is 158 Å². The largest absolute Gasteiger partial charge is 0.356 e. The summed E-state index contributed by atoms with van der Waals surface area (Å²) in [6.45, 7) is 4.20. The number of fused-ring (bicyclic) bond motifs is 1. The van der Waals surface area contributed by atoms with Crippen molar-refractivity contribution >= 4 is 16.9 Å². The number of nitrogens with one attached hydrogen (secondary N) is 1. The highest BCUT2D eigenvalue weighted by Gasteiger charge is 2.26. The summed E-state index contributed by atoms with van der Waals surface area (Å²) < 4.78 is 2.09. The van der Waals surface area contributed by atoms with Crippen LogP contribution in [-0.2, 0) is 0 Å². The first-order chi connectivity index (χ1) is 13.3. The van der Waals surface area contributed by atoms with Crippen LogP contribution in [-0.4, -0.2) is 32.8 Å². The molecule has 0 atom stereocenters. The molecule has 1 aliphatic rings. The first kappa shape index (κ1) is 16.1. The summed E-state index contributed by atoms with van der Waals surface area (Å²) in [4.78, 5) is 10.8. The van der Waals surface area contributed by atoms with Crippen molar-refractivity contribution in [2.45, 2.75) is 26.2 Å². The first-order valence-corrected chi connectivity index (χ1v) is 9.66. The van der Waals surface area contributed by atoms with Crippen molar-refractivity contribution in [3.8, 4) is 17.1 Å². The molecule has 136 valence electrons. The highest BCUT2D eigenvalue weighted by Crippen LogP contribution is 2.36. The van der Waals surface area contributed by atoms with Gasteiger partial charge in [0, 0.05) is 13.1 Å². The van der Waals surface area contributed by atoms with Gasteiger partial charge in [-0.15, -0.1) is 0 Å². The van der Waals surface area contributed by atoms with E-state index in [0.29, 0.717) is 0 Å². The van der Waals surface area contributed by atoms with Gasteiger partial charge < -0.3 is 9.88 Å². The van der Waals surface area contributed by atoms with Gasteiger partial charge in [0.15, 0.2) is 0 Å². The number of anilines is 1. The Hall–Kier alpha value is -3.08. The average molecular weight is 357 g/mol. The number of benzene rings is 2. The second kappa shape index (κ2) is 6.58. The number of aromatic nitrogens is 4. The van der Waals surface area contributed by atoms with Gasteiger partial charge in [-0.25, -0.2) is 9.67 Å². The van der Waals surface area contributed by atoms with Crippen molar-refractivity contribution in [3.05, 3.63) is 60.3 Å². The van der Waals surface area contributed by atoms with Gasteiger partial charge in [0.05, 0.1) is 28.0 Å². The molecule has 1 saturated heterocycles. The lowest BCUT2D eigenvalue weighted by Gasteiger charge is -2.30. The summed E-state index contributed by atoms with van der Waals surface area (Å²) in [6.07, 6.45) is 3.74. The van der Waals surface area contributed by atoms with Crippen molar-refractivity contribution in [1.29, 1.82) is 0 Å². The number of piperidine rings is 1. The van der Waals surface area contributed by atoms with Gasteiger partial charge in [0.2, 0.25) is 0 Å². The van der Waals surface area contributed by atoms with Gasteiger partial charge in [-0.2, -0.15) is 5.10 Å². The molecule has 1 aliphatic heterocycles. The molecule has 27 heavy (non-hydrogen) atoms. The zero-order valence-corrected chi connectivity index (χ0v) is 15.5. The summed E-state index contributed by atoms with van der Waals surface area (Å²) in [5, 5.41) is 4.92. The van der Waals surface area contributed by atoms with Gasteiger partial charge in [-0.05, 0) is 50.5 Å². The number of H-pyrrole nitrogens is 1. The zero-order chi connectivity index (χ0) is 18.2. The molecule has 5 rings (SSSR count). The van der Waals surface area contributed by atoms with E-state index in [1.807, 2.05) is 24.3 Å². The molecule has 4 aromatic rings. The molecule has 0 aliphatic carbocycles. The molecule has 0 saturated carbocycles. The lowest BCUT2D eigenvalue weighted by molar-refractivity contribution is 0.568. The Morgan fingerprint density at radius 3 is 2.41 bits per heavy atom. The lowest BCUT2D eigenvalue weighted by Crippen LogP contribution is -2.31. The Bertz CT molecular complexity index is 1040. The highest BCUT2D eigenvalue weighted by atomic mass is 15.4. The van der Waals surface area contributed by atoms with Crippen LogP contribution in [0.3, 0.4) is 0 Å². The van der Waals surface area contributed by atoms with Crippen molar-refractivity contribution < 1.29 is 0 Å². The van der Waals surface area contributed by atoms with E-state index in [2.05, 4.69) is 51.8 Å². The lowest BCUT2D eigenvalue weighted by atomic mass is 10.1. The molecule has 3 heterocycles. The average Bonchev–Trinajstić information content (AvgIpc) is 3.30. The minimum atomic E-state index is 0.899. The van der Waals surface area contributed by atoms with Crippen molar-refractivity contribution in [1.82, 2.24) is 19.7 Å². The number of rotatable bonds is 3. The Morgan fingerprint density at radius 2 is 1.63 bits per heavy atom. The molecule has 2 aromatic carbocycles. The number of hydrogen-bond acceptors (Lipinski definition) is 3. The fourth-order valence-corrected chi connectivity index (χ4v) is 4.01. The molecule has 1 fully saturated rings. The van der Waals surface area contributed by atoms with Crippen molar-refractivity contribution in [3.63, 3.8) is 0 Å². The number of aromatic amines is 1. The van der Waals surface area contributed by atoms with Crippen LogP contribution >= 0.6 is 0 Å². The predicted molar refractivity (Wildman–Crippen MR) is 109 cm³/mol. The van der Waals surface area contributed by atoms with Crippen LogP contribution < -0.4 is 4.90 Å². The van der Waals surface area contributed by atoms with Crippen molar-refractivity contribution in [2.24, 2.45) is 0 Å². The van der Waals surface area contributed by atoms with Crippen LogP contribution in [0.1, 0.15) is 25.0 Å². The van der Waals surface area contributed by atoms with E-state index < -0.39 is 0 Å². The minimum absolute atomic E-state index is 0.899. The molecule has 2 aromatic heterocycles. The van der Waals surface area contributed by atoms with Gasteiger partial charge >= 0.3 is 0 Å². The summed E-state index contributed by atoms with van der Waals surface area (Å²) in [7, 11) is 0. The Kier molecular flexibility index (Phi) is 3.93. The quantitative estimate of drug-likeness (QED) is 0.577. The second-order valence-electron chi connectivity index (χ2n) is 7.18. The molecule has 0 radical (unpaired) electrons. The van der Waals surface area contributed by atoms with Crippen LogP contribution in [0.15, 0.2) is 54.6 Å². The fourth-order valence-electron chi connectivity index (χ4n) is 4.01. The van der Waals surface area contributed by atoms with E-state index in [4.69, 9.17) is 10.1 Å². The third-order valence-corrected chi connectivity index (χ3v) is 5.32. The Morgan fingerprint density at radius 1 is 0.889 bits per heavy atom. The number of imidazole rings is 1. The van der Waals surface area contributed by atoms with E-state index in [9.17, 15) is 0 Å². The van der Waals surface area contributed by atoms with E-state index in [-0.39, 0.29) is 0 Å². The molecular weight excluding hydrogens is 334 g/mol. The van der Waals surface area contributed by atoms with E-state index in [0.717, 1.165) is 52.7 Å².